The second-order valence-corrected chi connectivity index (χ2v) is 9.20. The fourth-order valence-corrected chi connectivity index (χ4v) is 5.25. The van der Waals surface area contributed by atoms with Crippen molar-refractivity contribution in [2.24, 2.45) is 0 Å². The third-order valence-corrected chi connectivity index (χ3v) is 6.95. The van der Waals surface area contributed by atoms with Gasteiger partial charge in [0.1, 0.15) is 6.10 Å². The Bertz CT molecular complexity index is 1120. The molecule has 0 unspecified atom stereocenters. The Labute approximate surface area is 192 Å². The normalized spacial score (nSPS) is 15.9. The molecule has 1 aromatic heterocycles. The van der Waals surface area contributed by atoms with Gasteiger partial charge >= 0.3 is 6.09 Å². The van der Waals surface area contributed by atoms with Gasteiger partial charge in [-0.2, -0.15) is 11.3 Å². The second-order valence-electron chi connectivity index (χ2n) is 8.42. The molecule has 1 saturated carbocycles. The highest BCUT2D eigenvalue weighted by Crippen LogP contribution is 2.39. The zero-order valence-corrected chi connectivity index (χ0v) is 18.7. The zero-order chi connectivity index (χ0) is 21.9. The monoisotopic (exact) mass is 446 g/mol. The Balaban J connectivity index is 1.47. The molecule has 2 amide bonds. The minimum atomic E-state index is -0.429. The fourth-order valence-electron chi connectivity index (χ4n) is 4.62. The fraction of sp³-hybridized carbons (Fsp3) is 0.308. The molecule has 1 aliphatic heterocycles. The molecule has 5 rings (SSSR count). The van der Waals surface area contributed by atoms with Crippen molar-refractivity contribution in [1.29, 1.82) is 0 Å². The molecule has 0 atom stereocenters. The van der Waals surface area contributed by atoms with Crippen LogP contribution in [0.5, 0.6) is 0 Å². The van der Waals surface area contributed by atoms with E-state index < -0.39 is 6.09 Å². The summed E-state index contributed by atoms with van der Waals surface area (Å²) in [5, 5.41) is 6.67. The van der Waals surface area contributed by atoms with Crippen molar-refractivity contribution in [1.82, 2.24) is 0 Å². The Morgan fingerprint density at radius 3 is 2.50 bits per heavy atom. The molecule has 2 aromatic carbocycles. The summed E-state index contributed by atoms with van der Waals surface area (Å²) in [6.45, 7) is 0. The maximum atomic E-state index is 13.6. The van der Waals surface area contributed by atoms with Gasteiger partial charge in [-0.05, 0) is 79.3 Å². The number of ether oxygens (including phenoxy) is 1. The summed E-state index contributed by atoms with van der Waals surface area (Å²) in [5.74, 6) is -0.0659. The van der Waals surface area contributed by atoms with E-state index in [-0.39, 0.29) is 12.0 Å². The number of aryl methyl sites for hydroxylation is 2. The first-order valence-electron chi connectivity index (χ1n) is 11.2. The molecule has 0 saturated heterocycles. The van der Waals surface area contributed by atoms with Gasteiger partial charge in [0.05, 0.1) is 16.9 Å². The van der Waals surface area contributed by atoms with Crippen LogP contribution in [0.2, 0.25) is 0 Å². The van der Waals surface area contributed by atoms with E-state index in [1.54, 1.807) is 4.90 Å². The van der Waals surface area contributed by atoms with Crippen LogP contribution in [0, 0.1) is 0 Å². The van der Waals surface area contributed by atoms with Crippen LogP contribution in [0.3, 0.4) is 0 Å². The van der Waals surface area contributed by atoms with Crippen LogP contribution in [-0.4, -0.2) is 18.1 Å². The van der Waals surface area contributed by atoms with E-state index in [9.17, 15) is 9.59 Å². The maximum absolute atomic E-state index is 13.6. The first-order valence-corrected chi connectivity index (χ1v) is 12.2. The van der Waals surface area contributed by atoms with Crippen molar-refractivity contribution in [2.75, 3.05) is 10.2 Å². The van der Waals surface area contributed by atoms with Crippen LogP contribution in [0.4, 0.5) is 21.9 Å². The largest absolute Gasteiger partial charge is 0.446 e. The van der Waals surface area contributed by atoms with Crippen molar-refractivity contribution in [3.8, 4) is 0 Å². The summed E-state index contributed by atoms with van der Waals surface area (Å²) in [4.78, 5) is 27.8. The number of carbonyl (C=O) groups excluding carboxylic acids is 2. The molecule has 6 heteroatoms. The number of nitrogens with zero attached hydrogens (tertiary/aromatic N) is 1. The molecule has 0 bridgehead atoms. The number of hydrogen-bond donors (Lipinski definition) is 1. The Hall–Kier alpha value is -3.12. The van der Waals surface area contributed by atoms with Gasteiger partial charge in [-0.1, -0.05) is 30.7 Å². The third-order valence-electron chi connectivity index (χ3n) is 6.27. The molecule has 5 nitrogen and oxygen atoms in total. The maximum Gasteiger partial charge on any atom is 0.411 e. The van der Waals surface area contributed by atoms with E-state index in [1.807, 2.05) is 53.2 Å². The van der Waals surface area contributed by atoms with Crippen LogP contribution < -0.4 is 10.2 Å². The number of amides is 2. The van der Waals surface area contributed by atoms with Crippen LogP contribution in [0.1, 0.15) is 53.6 Å². The van der Waals surface area contributed by atoms with Gasteiger partial charge in [-0.15, -0.1) is 0 Å². The van der Waals surface area contributed by atoms with Crippen LogP contribution in [-0.2, 0) is 17.6 Å². The van der Waals surface area contributed by atoms with Gasteiger partial charge < -0.3 is 4.74 Å². The lowest BCUT2D eigenvalue weighted by atomic mass is 9.98. The Kier molecular flexibility index (Phi) is 5.95. The van der Waals surface area contributed by atoms with Gasteiger partial charge in [0.25, 0.3) is 5.91 Å². The van der Waals surface area contributed by atoms with E-state index in [1.165, 1.54) is 17.8 Å². The molecule has 3 aromatic rings. The topological polar surface area (TPSA) is 58.6 Å². The van der Waals surface area contributed by atoms with Gasteiger partial charge in [0.2, 0.25) is 0 Å². The van der Waals surface area contributed by atoms with Gasteiger partial charge in [0.15, 0.2) is 0 Å². The number of carbonyl (C=O) groups is 2. The highest BCUT2D eigenvalue weighted by molar-refractivity contribution is 7.08. The number of nitrogens with one attached hydrogen (secondary N) is 1. The molecule has 1 fully saturated rings. The minimum Gasteiger partial charge on any atom is -0.446 e. The van der Waals surface area contributed by atoms with E-state index in [4.69, 9.17) is 4.74 Å². The molecule has 164 valence electrons. The lowest BCUT2D eigenvalue weighted by Crippen LogP contribution is -2.27. The third kappa shape index (κ3) is 4.28. The lowest BCUT2D eigenvalue weighted by Gasteiger charge is -2.25. The van der Waals surface area contributed by atoms with Crippen molar-refractivity contribution in [3.05, 3.63) is 76.0 Å². The standard InChI is InChI=1S/C26H26N2O3S/c29-25(20-14-15-32-17-20)28-23-9-5-4-6-18(23)10-11-19-12-13-21(16-24(19)28)27-26(30)31-22-7-2-1-3-8-22/h4-6,9,12-17,22H,1-3,7-8,10-11H2,(H,27,30). The number of para-hydroxylation sites is 1. The van der Waals surface area contributed by atoms with Gasteiger partial charge in [-0.25, -0.2) is 4.79 Å². The molecular formula is C26H26N2O3S. The number of rotatable bonds is 3. The molecule has 32 heavy (non-hydrogen) atoms. The van der Waals surface area contributed by atoms with Crippen LogP contribution >= 0.6 is 11.3 Å². The summed E-state index contributed by atoms with van der Waals surface area (Å²) < 4.78 is 5.62. The first-order chi connectivity index (χ1) is 15.7. The van der Waals surface area contributed by atoms with Crippen LogP contribution in [0.25, 0.3) is 0 Å². The van der Waals surface area contributed by atoms with Crippen molar-refractivity contribution >= 4 is 40.4 Å². The number of fused-ring (bicyclic) bond motifs is 2. The number of anilines is 3. The molecule has 1 N–H and O–H groups in total. The highest BCUT2D eigenvalue weighted by atomic mass is 32.1. The SMILES string of the molecule is O=C(Nc1ccc2c(c1)N(C(=O)c1ccsc1)c1ccccc1CC2)OC1CCCCC1. The van der Waals surface area contributed by atoms with Crippen molar-refractivity contribution in [3.63, 3.8) is 0 Å². The predicted molar refractivity (Wildman–Crippen MR) is 128 cm³/mol. The van der Waals surface area contributed by atoms with Crippen molar-refractivity contribution in [2.45, 2.75) is 51.0 Å². The van der Waals surface area contributed by atoms with E-state index in [0.717, 1.165) is 61.0 Å². The Morgan fingerprint density at radius 1 is 0.938 bits per heavy atom. The summed E-state index contributed by atoms with van der Waals surface area (Å²) in [7, 11) is 0. The molecule has 2 aliphatic rings. The van der Waals surface area contributed by atoms with E-state index in [0.29, 0.717) is 11.3 Å². The summed E-state index contributed by atoms with van der Waals surface area (Å²) in [6, 6.07) is 15.7. The number of hydrogen-bond acceptors (Lipinski definition) is 4. The minimum absolute atomic E-state index is 0.00637. The molecule has 0 radical (unpaired) electrons. The van der Waals surface area contributed by atoms with E-state index >= 15 is 0 Å². The first kappa shape index (κ1) is 20.8. The molecule has 2 heterocycles. The molecule has 1 aliphatic carbocycles. The summed E-state index contributed by atoms with van der Waals surface area (Å²) >= 11 is 1.51. The average Bonchev–Trinajstić information content (AvgIpc) is 3.30. The number of thiophene rings is 1. The Morgan fingerprint density at radius 2 is 1.72 bits per heavy atom. The van der Waals surface area contributed by atoms with Gasteiger partial charge in [-0.3, -0.25) is 15.0 Å². The summed E-state index contributed by atoms with van der Waals surface area (Å²) in [5.41, 5.74) is 5.21. The lowest BCUT2D eigenvalue weighted by molar-refractivity contribution is 0.0865. The van der Waals surface area contributed by atoms with Gasteiger partial charge in [0, 0.05) is 11.1 Å². The van der Waals surface area contributed by atoms with E-state index in [2.05, 4.69) is 11.4 Å². The molecular weight excluding hydrogens is 420 g/mol. The highest BCUT2D eigenvalue weighted by Gasteiger charge is 2.27. The predicted octanol–water partition coefficient (Wildman–Crippen LogP) is 6.71. The number of benzene rings is 2. The zero-order valence-electron chi connectivity index (χ0n) is 17.9. The van der Waals surface area contributed by atoms with Crippen LogP contribution in [0.15, 0.2) is 59.3 Å². The summed E-state index contributed by atoms with van der Waals surface area (Å²) in [6.07, 6.45) is 6.52. The smallest absolute Gasteiger partial charge is 0.411 e. The average molecular weight is 447 g/mol. The second kappa shape index (κ2) is 9.17. The quantitative estimate of drug-likeness (QED) is 0.487. The molecule has 0 spiro atoms. The van der Waals surface area contributed by atoms with Crippen molar-refractivity contribution < 1.29 is 14.3 Å².